The van der Waals surface area contributed by atoms with Crippen molar-refractivity contribution in [3.63, 3.8) is 0 Å². The number of carbonyl (C=O) groups is 2. The zero-order valence-electron chi connectivity index (χ0n) is 16.9. The molecule has 176 valence electrons. The Labute approximate surface area is 204 Å². The molecule has 1 aromatic heterocycles. The largest absolute Gasteiger partial charge is 0.342 e. The minimum atomic E-state index is -4.29. The lowest BCUT2D eigenvalue weighted by molar-refractivity contribution is -0.135. The molecule has 0 fully saturated rings. The first kappa shape index (κ1) is 26.8. The van der Waals surface area contributed by atoms with Crippen molar-refractivity contribution in [2.24, 2.45) is 5.92 Å². The topological polar surface area (TPSA) is 137 Å². The second-order valence-electron chi connectivity index (χ2n) is 6.90. The van der Waals surface area contributed by atoms with Crippen molar-refractivity contribution < 1.29 is 23.2 Å². The molecule has 2 rings (SSSR count). The number of aromatic nitrogens is 1. The van der Waals surface area contributed by atoms with Crippen LogP contribution in [-0.4, -0.2) is 42.5 Å². The molecule has 2 aromatic rings. The van der Waals surface area contributed by atoms with Crippen LogP contribution in [0.1, 0.15) is 26.0 Å². The molecule has 0 saturated carbocycles. The van der Waals surface area contributed by atoms with Gasteiger partial charge in [-0.1, -0.05) is 55.1 Å². The Kier molecular flexibility index (Phi) is 9.70. The average Bonchev–Trinajstić information content (AvgIpc) is 3.25. The second kappa shape index (κ2) is 11.6. The number of halogens is 3. The zero-order valence-corrected chi connectivity index (χ0v) is 20.8. The summed E-state index contributed by atoms with van der Waals surface area (Å²) >= 11 is 19.1. The molecule has 0 aliphatic rings. The van der Waals surface area contributed by atoms with Gasteiger partial charge in [-0.2, -0.15) is 4.72 Å². The van der Waals surface area contributed by atoms with E-state index in [1.807, 2.05) is 0 Å². The van der Waals surface area contributed by atoms with E-state index in [0.29, 0.717) is 12.1 Å². The Bertz CT molecular complexity index is 1070. The first-order valence-corrected chi connectivity index (χ1v) is 12.8. The lowest BCUT2D eigenvalue weighted by Gasteiger charge is -2.26. The molecule has 9 nitrogen and oxygen atoms in total. The molecule has 0 unspecified atom stereocenters. The molecule has 4 N–H and O–H groups in total. The highest BCUT2D eigenvalue weighted by atomic mass is 35.5. The number of carbonyl (C=O) groups excluding carboxylic acids is 2. The van der Waals surface area contributed by atoms with E-state index in [2.05, 4.69) is 15.0 Å². The quantitative estimate of drug-likeness (QED) is 0.206. The van der Waals surface area contributed by atoms with Crippen LogP contribution < -0.4 is 15.5 Å². The molecule has 32 heavy (non-hydrogen) atoms. The highest BCUT2D eigenvalue weighted by Gasteiger charge is 2.33. The maximum absolute atomic E-state index is 13.0. The molecule has 2 amide bonds. The van der Waals surface area contributed by atoms with Crippen molar-refractivity contribution in [3.8, 4) is 0 Å². The molecule has 14 heteroatoms. The summed E-state index contributed by atoms with van der Waals surface area (Å²) in [6.07, 6.45) is 0.443. The molecule has 0 radical (unpaired) electrons. The molecule has 0 saturated heterocycles. The number of nitrogens with one attached hydrogen (secondary N) is 3. The number of benzene rings is 1. The Morgan fingerprint density at radius 1 is 1.16 bits per heavy atom. The van der Waals surface area contributed by atoms with Crippen LogP contribution in [0.3, 0.4) is 0 Å². The van der Waals surface area contributed by atoms with E-state index >= 15 is 0 Å². The maximum atomic E-state index is 13.0. The van der Waals surface area contributed by atoms with Gasteiger partial charge in [-0.3, -0.25) is 14.8 Å². The minimum absolute atomic E-state index is 0.000228. The summed E-state index contributed by atoms with van der Waals surface area (Å²) in [4.78, 5) is 28.8. The Balaban J connectivity index is 2.31. The number of sulfonamides is 1. The van der Waals surface area contributed by atoms with Crippen LogP contribution in [-0.2, 0) is 26.0 Å². The normalized spacial score (nSPS) is 14.4. The number of hydrogen-bond donors (Lipinski definition) is 4. The van der Waals surface area contributed by atoms with Gasteiger partial charge in [0.1, 0.15) is 17.0 Å². The Morgan fingerprint density at radius 2 is 1.81 bits per heavy atom. The molecular weight excluding hydrogens is 523 g/mol. The van der Waals surface area contributed by atoms with Gasteiger partial charge in [-0.05, 0) is 18.1 Å². The number of rotatable bonds is 10. The SMILES string of the molecule is CC[C@@H](C)[C@@H](NS(=O)(=O)c1cc(Cl)c(Cl)cc1Cl)C(=O)N[C@H](Cc1cscn1)C(=O)NO. The number of amides is 2. The van der Waals surface area contributed by atoms with Gasteiger partial charge in [0.25, 0.3) is 5.91 Å². The van der Waals surface area contributed by atoms with Crippen LogP contribution in [0, 0.1) is 5.92 Å². The van der Waals surface area contributed by atoms with Crippen molar-refractivity contribution in [1.29, 1.82) is 0 Å². The van der Waals surface area contributed by atoms with Gasteiger partial charge >= 0.3 is 0 Å². The first-order valence-electron chi connectivity index (χ1n) is 9.28. The standard InChI is InChI=1S/C18H21Cl3N4O5S2/c1-3-9(2)16(25-32(29,30)15-6-12(20)11(19)5-13(15)21)18(27)23-14(17(26)24-28)4-10-7-31-8-22-10/h5-9,14,16,25,28H,3-4H2,1-2H3,(H,23,27)(H,24,26)/t9-,14-,16-/m1/s1. The van der Waals surface area contributed by atoms with Crippen LogP contribution in [0.4, 0.5) is 0 Å². The van der Waals surface area contributed by atoms with Crippen molar-refractivity contribution in [3.05, 3.63) is 43.8 Å². The minimum Gasteiger partial charge on any atom is -0.342 e. The summed E-state index contributed by atoms with van der Waals surface area (Å²) < 4.78 is 28.3. The fourth-order valence-corrected chi connectivity index (χ4v) is 5.58. The van der Waals surface area contributed by atoms with Gasteiger partial charge in [-0.25, -0.2) is 18.9 Å². The number of thiazole rings is 1. The fraction of sp³-hybridized carbons (Fsp3) is 0.389. The molecule has 0 bridgehead atoms. The first-order chi connectivity index (χ1) is 15.0. The lowest BCUT2D eigenvalue weighted by atomic mass is 9.99. The van der Waals surface area contributed by atoms with Crippen molar-refractivity contribution in [2.75, 3.05) is 0 Å². The summed E-state index contributed by atoms with van der Waals surface area (Å²) in [5.74, 6) is -2.09. The van der Waals surface area contributed by atoms with Gasteiger partial charge in [0.05, 0.1) is 26.3 Å². The Morgan fingerprint density at radius 3 is 2.38 bits per heavy atom. The number of hydrogen-bond acceptors (Lipinski definition) is 7. The predicted octanol–water partition coefficient (Wildman–Crippen LogP) is 3.03. The predicted molar refractivity (Wildman–Crippen MR) is 123 cm³/mol. The maximum Gasteiger partial charge on any atom is 0.266 e. The fourth-order valence-electron chi connectivity index (χ4n) is 2.70. The highest BCUT2D eigenvalue weighted by Crippen LogP contribution is 2.32. The summed E-state index contributed by atoms with van der Waals surface area (Å²) in [5.41, 5.74) is 3.57. The van der Waals surface area contributed by atoms with Gasteiger partial charge in [-0.15, -0.1) is 11.3 Å². The second-order valence-corrected chi connectivity index (χ2v) is 10.5. The number of hydroxylamine groups is 1. The van der Waals surface area contributed by atoms with E-state index in [9.17, 15) is 18.0 Å². The molecular formula is C18H21Cl3N4O5S2. The summed E-state index contributed by atoms with van der Waals surface area (Å²) in [5, 5.41) is 13.1. The van der Waals surface area contributed by atoms with Gasteiger partial charge in [0, 0.05) is 11.8 Å². The summed E-state index contributed by atoms with van der Waals surface area (Å²) in [7, 11) is -4.29. The molecule has 0 aliphatic heterocycles. The van der Waals surface area contributed by atoms with Gasteiger partial charge in [0.2, 0.25) is 15.9 Å². The smallest absolute Gasteiger partial charge is 0.266 e. The van der Waals surface area contributed by atoms with E-state index in [-0.39, 0.29) is 26.4 Å². The van der Waals surface area contributed by atoms with Crippen LogP contribution in [0.2, 0.25) is 15.1 Å². The van der Waals surface area contributed by atoms with Crippen LogP contribution in [0.15, 0.2) is 27.9 Å². The van der Waals surface area contributed by atoms with Gasteiger partial charge < -0.3 is 5.32 Å². The number of nitrogens with zero attached hydrogens (tertiary/aromatic N) is 1. The monoisotopic (exact) mass is 542 g/mol. The Hall–Kier alpha value is -1.47. The van der Waals surface area contributed by atoms with Crippen LogP contribution in [0.25, 0.3) is 0 Å². The molecule has 0 spiro atoms. The van der Waals surface area contributed by atoms with Crippen LogP contribution in [0.5, 0.6) is 0 Å². The molecule has 0 aliphatic carbocycles. The van der Waals surface area contributed by atoms with Gasteiger partial charge in [0.15, 0.2) is 0 Å². The molecule has 1 heterocycles. The lowest BCUT2D eigenvalue weighted by Crippen LogP contribution is -2.56. The van der Waals surface area contributed by atoms with E-state index in [1.54, 1.807) is 24.7 Å². The average molecular weight is 544 g/mol. The zero-order chi connectivity index (χ0) is 24.1. The van der Waals surface area contributed by atoms with Crippen LogP contribution >= 0.6 is 46.1 Å². The van der Waals surface area contributed by atoms with E-state index in [1.165, 1.54) is 22.9 Å². The third kappa shape index (κ3) is 6.77. The van der Waals surface area contributed by atoms with Crippen molar-refractivity contribution in [2.45, 2.75) is 43.7 Å². The van der Waals surface area contributed by atoms with E-state index < -0.39 is 39.8 Å². The van der Waals surface area contributed by atoms with E-state index in [0.717, 1.165) is 6.07 Å². The van der Waals surface area contributed by atoms with E-state index in [4.69, 9.17) is 40.0 Å². The van der Waals surface area contributed by atoms with Crippen molar-refractivity contribution in [1.82, 2.24) is 20.5 Å². The van der Waals surface area contributed by atoms with Crippen molar-refractivity contribution >= 4 is 68.0 Å². The highest BCUT2D eigenvalue weighted by molar-refractivity contribution is 7.89. The summed E-state index contributed by atoms with van der Waals surface area (Å²) in [6, 6.07) is -0.155. The molecule has 1 aromatic carbocycles. The third-order valence-electron chi connectivity index (χ3n) is 4.68. The summed E-state index contributed by atoms with van der Waals surface area (Å²) in [6.45, 7) is 3.45. The third-order valence-corrected chi connectivity index (χ3v) is 7.95. The molecule has 3 atom stereocenters.